The van der Waals surface area contributed by atoms with Gasteiger partial charge >= 0.3 is 0 Å². The zero-order valence-electron chi connectivity index (χ0n) is 21.1. The maximum absolute atomic E-state index is 13.1. The lowest BCUT2D eigenvalue weighted by Gasteiger charge is -2.43. The summed E-state index contributed by atoms with van der Waals surface area (Å²) in [7, 11) is 0. The molecular weight excluding hydrogens is 428 g/mol. The first kappa shape index (κ1) is 24.9. The van der Waals surface area contributed by atoms with Crippen molar-refractivity contribution in [2.24, 2.45) is 23.7 Å². The maximum Gasteiger partial charge on any atom is 0.223 e. The largest absolute Gasteiger partial charge is 0.363 e. The molecular formula is C26H48N6O2. The van der Waals surface area contributed by atoms with Crippen LogP contribution in [0.5, 0.6) is 0 Å². The van der Waals surface area contributed by atoms with E-state index in [0.29, 0.717) is 18.0 Å². The molecule has 0 spiro atoms. The summed E-state index contributed by atoms with van der Waals surface area (Å²) in [5.74, 6) is 2.42. The van der Waals surface area contributed by atoms with E-state index in [-0.39, 0.29) is 30.4 Å². The number of ether oxygens (including phenoxy) is 1. The Morgan fingerprint density at radius 3 is 2.68 bits per heavy atom. The Kier molecular flexibility index (Phi) is 8.77. The minimum absolute atomic E-state index is 0.0432. The lowest BCUT2D eigenvalue weighted by molar-refractivity contribution is -0.129. The number of hydrogen-bond donors (Lipinski definition) is 6. The van der Waals surface area contributed by atoms with Gasteiger partial charge in [-0.1, -0.05) is 6.92 Å². The smallest absolute Gasteiger partial charge is 0.223 e. The first-order chi connectivity index (χ1) is 16.6. The lowest BCUT2D eigenvalue weighted by Crippen LogP contribution is -2.66. The van der Waals surface area contributed by atoms with Gasteiger partial charge in [-0.25, -0.2) is 0 Å². The SMILES string of the molecule is CC1CCC(NC(=O)C2CCNC(OCC3CC3)C2)CC1NC1NCCC(C2CCCNC2)N1. The summed E-state index contributed by atoms with van der Waals surface area (Å²) in [5, 5.41) is 21.8. The fourth-order valence-corrected chi connectivity index (χ4v) is 6.44. The second kappa shape index (κ2) is 12.0. The molecule has 0 aromatic rings. The van der Waals surface area contributed by atoms with Gasteiger partial charge in [0.05, 0.1) is 6.61 Å². The molecule has 0 radical (unpaired) electrons. The minimum atomic E-state index is 0.0432. The van der Waals surface area contributed by atoms with Gasteiger partial charge < -0.3 is 15.4 Å². The normalized spacial score (nSPS) is 41.7. The van der Waals surface area contributed by atoms with E-state index < -0.39 is 0 Å². The Balaban J connectivity index is 1.07. The Labute approximate surface area is 205 Å². The van der Waals surface area contributed by atoms with Gasteiger partial charge in [0.25, 0.3) is 0 Å². The average Bonchev–Trinajstić information content (AvgIpc) is 3.70. The standard InChI is InChI=1S/C26H48N6O2/c1-17-4-7-21(30-25(33)19-8-11-28-24(13-19)34-16-18-5-6-18)14-23(17)32-26-29-12-9-22(31-26)20-3-2-10-27-15-20/h17-24,26-29,31-32H,2-16H2,1H3,(H,30,33). The molecule has 8 atom stereocenters. The fourth-order valence-electron chi connectivity index (χ4n) is 6.44. The van der Waals surface area contributed by atoms with Crippen LogP contribution in [-0.4, -0.2) is 69.3 Å². The number of piperidine rings is 2. The molecule has 0 aromatic carbocycles. The number of carbonyl (C=O) groups is 1. The van der Waals surface area contributed by atoms with E-state index in [1.807, 2.05) is 0 Å². The van der Waals surface area contributed by atoms with E-state index in [2.05, 4.69) is 38.8 Å². The predicted octanol–water partition coefficient (Wildman–Crippen LogP) is 1.24. The summed E-state index contributed by atoms with van der Waals surface area (Å²) < 4.78 is 6.03. The van der Waals surface area contributed by atoms with Gasteiger partial charge in [0.15, 0.2) is 0 Å². The number of carbonyl (C=O) groups excluding carboxylic acids is 1. The van der Waals surface area contributed by atoms with Crippen LogP contribution in [0.4, 0.5) is 0 Å². The van der Waals surface area contributed by atoms with Crippen LogP contribution >= 0.6 is 0 Å². The molecule has 5 fully saturated rings. The molecule has 8 heteroatoms. The summed E-state index contributed by atoms with van der Waals surface area (Å²) in [6.07, 6.45) is 11.6. The van der Waals surface area contributed by atoms with Crippen molar-refractivity contribution < 1.29 is 9.53 Å². The van der Waals surface area contributed by atoms with Crippen molar-refractivity contribution in [1.82, 2.24) is 31.9 Å². The molecule has 3 aliphatic heterocycles. The van der Waals surface area contributed by atoms with Crippen molar-refractivity contribution in [3.63, 3.8) is 0 Å². The topological polar surface area (TPSA) is 98.5 Å². The zero-order chi connectivity index (χ0) is 23.3. The Morgan fingerprint density at radius 1 is 0.971 bits per heavy atom. The van der Waals surface area contributed by atoms with Crippen LogP contribution < -0.4 is 31.9 Å². The van der Waals surface area contributed by atoms with Crippen molar-refractivity contribution in [3.05, 3.63) is 0 Å². The van der Waals surface area contributed by atoms with Gasteiger partial charge in [-0.15, -0.1) is 0 Å². The summed E-state index contributed by atoms with van der Waals surface area (Å²) in [4.78, 5) is 13.1. The number of rotatable bonds is 8. The highest BCUT2D eigenvalue weighted by atomic mass is 16.5. The number of hydrogen-bond acceptors (Lipinski definition) is 7. The first-order valence-electron chi connectivity index (χ1n) is 14.3. The minimum Gasteiger partial charge on any atom is -0.363 e. The van der Waals surface area contributed by atoms with E-state index in [4.69, 9.17) is 4.74 Å². The van der Waals surface area contributed by atoms with Crippen molar-refractivity contribution >= 4 is 5.91 Å². The van der Waals surface area contributed by atoms with Crippen molar-refractivity contribution in [2.75, 3.05) is 32.8 Å². The van der Waals surface area contributed by atoms with E-state index in [1.165, 1.54) is 38.6 Å². The summed E-state index contributed by atoms with van der Waals surface area (Å²) >= 11 is 0. The Bertz CT molecular complexity index is 655. The van der Waals surface area contributed by atoms with E-state index in [0.717, 1.165) is 70.2 Å². The van der Waals surface area contributed by atoms with E-state index in [9.17, 15) is 4.79 Å². The molecule has 34 heavy (non-hydrogen) atoms. The molecule has 8 nitrogen and oxygen atoms in total. The van der Waals surface area contributed by atoms with Gasteiger partial charge in [0.1, 0.15) is 12.5 Å². The Hall–Kier alpha value is -0.770. The van der Waals surface area contributed by atoms with Crippen LogP contribution in [0.2, 0.25) is 0 Å². The van der Waals surface area contributed by atoms with Crippen LogP contribution in [0, 0.1) is 23.7 Å². The molecule has 0 bridgehead atoms. The highest BCUT2D eigenvalue weighted by Gasteiger charge is 2.35. The first-order valence-corrected chi connectivity index (χ1v) is 14.3. The highest BCUT2D eigenvalue weighted by Crippen LogP contribution is 2.30. The van der Waals surface area contributed by atoms with E-state index >= 15 is 0 Å². The van der Waals surface area contributed by atoms with Crippen LogP contribution in [0.1, 0.15) is 71.1 Å². The molecule has 8 unspecified atom stereocenters. The quantitative estimate of drug-likeness (QED) is 0.314. The van der Waals surface area contributed by atoms with Crippen LogP contribution in [0.3, 0.4) is 0 Å². The second-order valence-electron chi connectivity index (χ2n) is 11.8. The van der Waals surface area contributed by atoms with Gasteiger partial charge in [-0.2, -0.15) is 0 Å². The molecule has 3 saturated heterocycles. The van der Waals surface area contributed by atoms with Gasteiger partial charge in [-0.05, 0) is 108 Å². The highest BCUT2D eigenvalue weighted by molar-refractivity contribution is 5.79. The van der Waals surface area contributed by atoms with Gasteiger partial charge in [-0.3, -0.25) is 26.1 Å². The van der Waals surface area contributed by atoms with Crippen LogP contribution in [0.25, 0.3) is 0 Å². The maximum atomic E-state index is 13.1. The third kappa shape index (κ3) is 6.92. The number of amides is 1. The summed E-state index contributed by atoms with van der Waals surface area (Å²) in [6.45, 7) is 7.45. The van der Waals surface area contributed by atoms with Crippen molar-refractivity contribution in [3.8, 4) is 0 Å². The lowest BCUT2D eigenvalue weighted by atomic mass is 9.82. The third-order valence-electron chi connectivity index (χ3n) is 8.98. The van der Waals surface area contributed by atoms with Crippen molar-refractivity contribution in [1.29, 1.82) is 0 Å². The second-order valence-corrected chi connectivity index (χ2v) is 11.8. The van der Waals surface area contributed by atoms with E-state index in [1.54, 1.807) is 0 Å². The summed E-state index contributed by atoms with van der Waals surface area (Å²) in [6, 6.07) is 1.26. The molecule has 2 aliphatic carbocycles. The molecule has 5 aliphatic rings. The monoisotopic (exact) mass is 476 g/mol. The van der Waals surface area contributed by atoms with Crippen molar-refractivity contribution in [2.45, 2.75) is 102 Å². The Morgan fingerprint density at radius 2 is 1.85 bits per heavy atom. The van der Waals surface area contributed by atoms with Gasteiger partial charge in [0.2, 0.25) is 5.91 Å². The molecule has 6 N–H and O–H groups in total. The van der Waals surface area contributed by atoms with Gasteiger partial charge in [0, 0.05) is 24.0 Å². The fraction of sp³-hybridized carbons (Fsp3) is 0.962. The molecule has 194 valence electrons. The van der Waals surface area contributed by atoms with Crippen LogP contribution in [-0.2, 0) is 9.53 Å². The zero-order valence-corrected chi connectivity index (χ0v) is 21.1. The summed E-state index contributed by atoms with van der Waals surface area (Å²) in [5.41, 5.74) is 0. The van der Waals surface area contributed by atoms with Crippen LogP contribution in [0.15, 0.2) is 0 Å². The molecule has 3 heterocycles. The molecule has 5 rings (SSSR count). The predicted molar refractivity (Wildman–Crippen MR) is 134 cm³/mol. The molecule has 2 saturated carbocycles. The molecule has 1 amide bonds. The molecule has 0 aromatic heterocycles. The average molecular weight is 477 g/mol. The number of nitrogens with one attached hydrogen (secondary N) is 6. The third-order valence-corrected chi connectivity index (χ3v) is 8.98.